The maximum absolute atomic E-state index is 10.2. The summed E-state index contributed by atoms with van der Waals surface area (Å²) < 4.78 is 0. The SMILES string of the molecule is CCOONC(=O)CN. The summed E-state index contributed by atoms with van der Waals surface area (Å²) in [5.41, 5.74) is 6.85. The van der Waals surface area contributed by atoms with Gasteiger partial charge in [-0.25, -0.2) is 10.4 Å². The van der Waals surface area contributed by atoms with Gasteiger partial charge < -0.3 is 5.73 Å². The third-order valence-electron chi connectivity index (χ3n) is 0.518. The number of carbonyl (C=O) groups excluding carboxylic acids is 1. The second-order valence-electron chi connectivity index (χ2n) is 1.22. The third kappa shape index (κ3) is 5.22. The Morgan fingerprint density at radius 3 is 2.89 bits per heavy atom. The van der Waals surface area contributed by atoms with Gasteiger partial charge in [-0.2, -0.15) is 0 Å². The molecule has 0 heterocycles. The molecule has 5 heteroatoms. The van der Waals surface area contributed by atoms with E-state index in [2.05, 4.69) is 9.88 Å². The fourth-order valence-electron chi connectivity index (χ4n) is 0.177. The van der Waals surface area contributed by atoms with Gasteiger partial charge in [0.25, 0.3) is 5.91 Å². The average Bonchev–Trinajstić information content (AvgIpc) is 1.89. The second kappa shape index (κ2) is 5.49. The van der Waals surface area contributed by atoms with Crippen LogP contribution in [-0.2, 0) is 14.7 Å². The lowest BCUT2D eigenvalue weighted by Gasteiger charge is -1.99. The summed E-state index contributed by atoms with van der Waals surface area (Å²) in [4.78, 5) is 18.7. The molecule has 0 aromatic carbocycles. The highest BCUT2D eigenvalue weighted by Crippen LogP contribution is 1.69. The first-order chi connectivity index (χ1) is 4.31. The normalized spacial score (nSPS) is 9.11. The number of nitrogens with one attached hydrogen (secondary N) is 1. The molecular weight excluding hydrogens is 124 g/mol. The third-order valence-corrected chi connectivity index (χ3v) is 0.518. The van der Waals surface area contributed by atoms with Gasteiger partial charge in [0.05, 0.1) is 13.2 Å². The number of carbonyl (C=O) groups is 1. The first kappa shape index (κ1) is 8.35. The van der Waals surface area contributed by atoms with Crippen LogP contribution in [0.4, 0.5) is 0 Å². The molecule has 0 saturated carbocycles. The van der Waals surface area contributed by atoms with E-state index < -0.39 is 5.91 Å². The summed E-state index contributed by atoms with van der Waals surface area (Å²) in [6.07, 6.45) is 0. The van der Waals surface area contributed by atoms with Crippen LogP contribution in [-0.4, -0.2) is 19.1 Å². The predicted octanol–water partition coefficient (Wildman–Crippen LogP) is -1.06. The van der Waals surface area contributed by atoms with E-state index in [-0.39, 0.29) is 6.54 Å². The molecule has 9 heavy (non-hydrogen) atoms. The highest BCUT2D eigenvalue weighted by molar-refractivity contribution is 5.76. The van der Waals surface area contributed by atoms with Crippen LogP contribution in [0.1, 0.15) is 6.92 Å². The van der Waals surface area contributed by atoms with Crippen LogP contribution in [0.2, 0.25) is 0 Å². The van der Waals surface area contributed by atoms with Crippen LogP contribution in [0.25, 0.3) is 0 Å². The number of hydrogen-bond donors (Lipinski definition) is 2. The molecule has 0 aromatic heterocycles. The van der Waals surface area contributed by atoms with Crippen LogP contribution < -0.4 is 11.2 Å². The molecule has 0 aliphatic heterocycles. The molecule has 0 radical (unpaired) electrons. The highest BCUT2D eigenvalue weighted by Gasteiger charge is 1.93. The number of rotatable bonds is 4. The fraction of sp³-hybridized carbons (Fsp3) is 0.750. The molecule has 0 unspecified atom stereocenters. The Labute approximate surface area is 53.0 Å². The Morgan fingerprint density at radius 1 is 1.78 bits per heavy atom. The van der Waals surface area contributed by atoms with E-state index in [1.54, 1.807) is 6.92 Å². The molecule has 0 aromatic rings. The minimum Gasteiger partial charge on any atom is -0.322 e. The topological polar surface area (TPSA) is 73.6 Å². The maximum Gasteiger partial charge on any atom is 0.259 e. The van der Waals surface area contributed by atoms with E-state index in [1.165, 1.54) is 0 Å². The van der Waals surface area contributed by atoms with E-state index in [1.807, 2.05) is 5.48 Å². The summed E-state index contributed by atoms with van der Waals surface area (Å²) in [5.74, 6) is -0.413. The molecule has 5 nitrogen and oxygen atoms in total. The van der Waals surface area contributed by atoms with Crippen molar-refractivity contribution in [3.63, 3.8) is 0 Å². The lowest BCUT2D eigenvalue weighted by molar-refractivity contribution is -0.325. The van der Waals surface area contributed by atoms with Crippen LogP contribution in [0.3, 0.4) is 0 Å². The zero-order chi connectivity index (χ0) is 7.11. The molecule has 54 valence electrons. The summed E-state index contributed by atoms with van der Waals surface area (Å²) in [6, 6.07) is 0. The van der Waals surface area contributed by atoms with E-state index in [4.69, 9.17) is 5.73 Å². The van der Waals surface area contributed by atoms with Crippen LogP contribution >= 0.6 is 0 Å². The van der Waals surface area contributed by atoms with Gasteiger partial charge in [-0.1, -0.05) is 0 Å². The van der Waals surface area contributed by atoms with Crippen LogP contribution in [0.5, 0.6) is 0 Å². The van der Waals surface area contributed by atoms with Crippen LogP contribution in [0.15, 0.2) is 0 Å². The largest absolute Gasteiger partial charge is 0.322 e. The van der Waals surface area contributed by atoms with E-state index in [0.29, 0.717) is 6.61 Å². The Balaban J connectivity index is 2.97. The van der Waals surface area contributed by atoms with Crippen molar-refractivity contribution >= 4 is 5.91 Å². The van der Waals surface area contributed by atoms with Crippen molar-refractivity contribution in [1.29, 1.82) is 0 Å². The van der Waals surface area contributed by atoms with Gasteiger partial charge >= 0.3 is 0 Å². The van der Waals surface area contributed by atoms with Crippen molar-refractivity contribution in [1.82, 2.24) is 5.48 Å². The van der Waals surface area contributed by atoms with Crippen molar-refractivity contribution < 1.29 is 14.7 Å². The zero-order valence-corrected chi connectivity index (χ0v) is 5.22. The molecule has 0 aliphatic carbocycles. The second-order valence-corrected chi connectivity index (χ2v) is 1.22. The lowest BCUT2D eigenvalue weighted by Crippen LogP contribution is -2.30. The van der Waals surface area contributed by atoms with Gasteiger partial charge in [-0.15, -0.1) is 4.99 Å². The molecular formula is C4H10N2O3. The van der Waals surface area contributed by atoms with Gasteiger partial charge in [0.1, 0.15) is 0 Å². The smallest absolute Gasteiger partial charge is 0.259 e. The monoisotopic (exact) mass is 134 g/mol. The number of nitrogens with two attached hydrogens (primary N) is 1. The van der Waals surface area contributed by atoms with E-state index >= 15 is 0 Å². The predicted molar refractivity (Wildman–Crippen MR) is 29.9 cm³/mol. The molecule has 0 rings (SSSR count). The van der Waals surface area contributed by atoms with E-state index in [9.17, 15) is 4.79 Å². The Bertz CT molecular complexity index is 85.9. The quantitative estimate of drug-likeness (QED) is 0.292. The molecule has 0 aliphatic rings. The molecule has 0 saturated heterocycles. The Hall–Kier alpha value is -0.650. The Kier molecular flexibility index (Phi) is 5.09. The molecule has 0 bridgehead atoms. The Morgan fingerprint density at radius 2 is 2.44 bits per heavy atom. The molecule has 0 fully saturated rings. The van der Waals surface area contributed by atoms with Crippen molar-refractivity contribution in [3.05, 3.63) is 0 Å². The molecule has 0 atom stereocenters. The summed E-state index contributed by atoms with van der Waals surface area (Å²) >= 11 is 0. The van der Waals surface area contributed by atoms with Crippen molar-refractivity contribution in [3.8, 4) is 0 Å². The summed E-state index contributed by atoms with van der Waals surface area (Å²) in [5, 5.41) is 0. The molecule has 3 N–H and O–H groups in total. The summed E-state index contributed by atoms with van der Waals surface area (Å²) in [6.45, 7) is 2.01. The highest BCUT2D eigenvalue weighted by atomic mass is 17.3. The van der Waals surface area contributed by atoms with Crippen molar-refractivity contribution in [2.75, 3.05) is 13.2 Å². The van der Waals surface area contributed by atoms with Crippen LogP contribution in [0, 0.1) is 0 Å². The van der Waals surface area contributed by atoms with Gasteiger partial charge in [0.2, 0.25) is 0 Å². The molecule has 1 amide bonds. The van der Waals surface area contributed by atoms with Gasteiger partial charge in [-0.3, -0.25) is 4.79 Å². The fourth-order valence-corrected chi connectivity index (χ4v) is 0.177. The molecule has 0 spiro atoms. The zero-order valence-electron chi connectivity index (χ0n) is 5.22. The van der Waals surface area contributed by atoms with Crippen molar-refractivity contribution in [2.24, 2.45) is 5.73 Å². The van der Waals surface area contributed by atoms with Crippen molar-refractivity contribution in [2.45, 2.75) is 6.92 Å². The average molecular weight is 134 g/mol. The maximum atomic E-state index is 10.2. The lowest BCUT2D eigenvalue weighted by atomic mass is 10.7. The number of hydrogen-bond acceptors (Lipinski definition) is 4. The first-order valence-corrected chi connectivity index (χ1v) is 2.58. The number of hydroxylamine groups is 1. The van der Waals surface area contributed by atoms with Gasteiger partial charge in [-0.05, 0) is 6.92 Å². The standard InChI is InChI=1S/C4H10N2O3/c1-2-8-9-6-4(7)3-5/h2-3,5H2,1H3,(H,6,7). The van der Waals surface area contributed by atoms with E-state index in [0.717, 1.165) is 0 Å². The first-order valence-electron chi connectivity index (χ1n) is 2.58. The van der Waals surface area contributed by atoms with Gasteiger partial charge in [0.15, 0.2) is 0 Å². The number of amides is 1. The minimum absolute atomic E-state index is 0.104. The van der Waals surface area contributed by atoms with Gasteiger partial charge in [0, 0.05) is 0 Å². The summed E-state index contributed by atoms with van der Waals surface area (Å²) in [7, 11) is 0. The minimum atomic E-state index is -0.413.